The lowest BCUT2D eigenvalue weighted by Gasteiger charge is -2.27. The number of amides is 5. The van der Waals surface area contributed by atoms with Gasteiger partial charge < -0.3 is 10.4 Å². The van der Waals surface area contributed by atoms with E-state index in [2.05, 4.69) is 10.6 Å². The van der Waals surface area contributed by atoms with Crippen molar-refractivity contribution >= 4 is 47.3 Å². The number of unbranched alkanes of at least 4 members (excludes halogenated alkanes) is 2. The number of carbonyl (C=O) groups is 6. The molecular formula is C22H25N3O7S. The second-order valence-electron chi connectivity index (χ2n) is 7.78. The number of nitrogens with zero attached hydrogens (tertiary/aromatic N) is 1. The van der Waals surface area contributed by atoms with Crippen LogP contribution in [0.5, 0.6) is 0 Å². The first-order valence-electron chi connectivity index (χ1n) is 10.8. The van der Waals surface area contributed by atoms with Gasteiger partial charge >= 0.3 is 5.97 Å². The lowest BCUT2D eigenvalue weighted by Crippen LogP contribution is -2.54. The van der Waals surface area contributed by atoms with Gasteiger partial charge in [-0.1, -0.05) is 12.5 Å². The fourth-order valence-corrected chi connectivity index (χ4v) is 4.83. The number of piperidine rings is 1. The SMILES string of the molecule is O=C(O)CCNC(=O)CCCCCSc1cccc2c1C(=O)N(C1CCC(=O)NC1=O)C2=O. The molecule has 3 N–H and O–H groups in total. The Morgan fingerprint density at radius 2 is 1.88 bits per heavy atom. The van der Waals surface area contributed by atoms with Crippen LogP contribution in [0.2, 0.25) is 0 Å². The van der Waals surface area contributed by atoms with Crippen LogP contribution in [0, 0.1) is 0 Å². The number of rotatable bonds is 11. The van der Waals surface area contributed by atoms with Gasteiger partial charge in [0.1, 0.15) is 6.04 Å². The molecule has 0 spiro atoms. The second kappa shape index (κ2) is 11.1. The number of carbonyl (C=O) groups excluding carboxylic acids is 5. The van der Waals surface area contributed by atoms with Crippen molar-refractivity contribution in [2.24, 2.45) is 0 Å². The fourth-order valence-electron chi connectivity index (χ4n) is 3.75. The highest BCUT2D eigenvalue weighted by molar-refractivity contribution is 7.99. The third-order valence-corrected chi connectivity index (χ3v) is 6.54. The highest BCUT2D eigenvalue weighted by Crippen LogP contribution is 2.34. The Labute approximate surface area is 194 Å². The third kappa shape index (κ3) is 5.98. The van der Waals surface area contributed by atoms with Gasteiger partial charge in [0.2, 0.25) is 17.7 Å². The Kier molecular flexibility index (Phi) is 8.21. The number of imide groups is 2. The normalized spacial score (nSPS) is 17.7. The van der Waals surface area contributed by atoms with E-state index in [-0.39, 0.29) is 42.8 Å². The molecule has 2 aliphatic heterocycles. The Morgan fingerprint density at radius 1 is 1.09 bits per heavy atom. The van der Waals surface area contributed by atoms with Crippen LogP contribution >= 0.6 is 11.8 Å². The van der Waals surface area contributed by atoms with E-state index in [0.29, 0.717) is 23.5 Å². The maximum Gasteiger partial charge on any atom is 0.305 e. The van der Waals surface area contributed by atoms with E-state index in [0.717, 1.165) is 17.7 Å². The highest BCUT2D eigenvalue weighted by atomic mass is 32.2. The average Bonchev–Trinajstić information content (AvgIpc) is 3.01. The minimum Gasteiger partial charge on any atom is -0.481 e. The molecule has 1 aromatic rings. The molecular weight excluding hydrogens is 450 g/mol. The largest absolute Gasteiger partial charge is 0.481 e. The van der Waals surface area contributed by atoms with E-state index >= 15 is 0 Å². The Balaban J connectivity index is 1.50. The van der Waals surface area contributed by atoms with Gasteiger partial charge in [-0.3, -0.25) is 39.0 Å². The third-order valence-electron chi connectivity index (χ3n) is 5.40. The molecule has 2 heterocycles. The monoisotopic (exact) mass is 475 g/mol. The van der Waals surface area contributed by atoms with Crippen molar-refractivity contribution in [2.45, 2.75) is 55.9 Å². The summed E-state index contributed by atoms with van der Waals surface area (Å²) >= 11 is 1.44. The molecule has 0 bridgehead atoms. The lowest BCUT2D eigenvalue weighted by molar-refractivity contribution is -0.138. The average molecular weight is 476 g/mol. The number of aliphatic carboxylic acids is 1. The number of hydrogen-bond acceptors (Lipinski definition) is 7. The smallest absolute Gasteiger partial charge is 0.305 e. The van der Waals surface area contributed by atoms with Crippen molar-refractivity contribution in [1.29, 1.82) is 0 Å². The van der Waals surface area contributed by atoms with E-state index in [1.165, 1.54) is 11.8 Å². The summed E-state index contributed by atoms with van der Waals surface area (Å²) in [5.41, 5.74) is 0.544. The number of fused-ring (bicyclic) bond motifs is 1. The maximum absolute atomic E-state index is 13.0. The summed E-state index contributed by atoms with van der Waals surface area (Å²) < 4.78 is 0. The van der Waals surface area contributed by atoms with Crippen molar-refractivity contribution in [3.63, 3.8) is 0 Å². The number of benzene rings is 1. The van der Waals surface area contributed by atoms with E-state index in [1.807, 2.05) is 0 Å². The van der Waals surface area contributed by atoms with Crippen LogP contribution in [-0.4, -0.2) is 63.9 Å². The summed E-state index contributed by atoms with van der Waals surface area (Å²) in [6.45, 7) is 0.117. The molecule has 10 nitrogen and oxygen atoms in total. The van der Waals surface area contributed by atoms with Gasteiger partial charge in [0.25, 0.3) is 11.8 Å². The van der Waals surface area contributed by atoms with Gasteiger partial charge in [-0.05, 0) is 37.1 Å². The summed E-state index contributed by atoms with van der Waals surface area (Å²) in [6.07, 6.45) is 2.63. The minimum atomic E-state index is -0.991. The van der Waals surface area contributed by atoms with E-state index < -0.39 is 35.6 Å². The van der Waals surface area contributed by atoms with Crippen LogP contribution < -0.4 is 10.6 Å². The molecule has 33 heavy (non-hydrogen) atoms. The van der Waals surface area contributed by atoms with Crippen LogP contribution in [0.1, 0.15) is 65.7 Å². The van der Waals surface area contributed by atoms with Crippen LogP contribution in [-0.2, 0) is 19.2 Å². The molecule has 1 aromatic carbocycles. The molecule has 0 radical (unpaired) electrons. The Bertz CT molecular complexity index is 994. The number of nitrogens with one attached hydrogen (secondary N) is 2. The zero-order chi connectivity index (χ0) is 24.0. The number of carboxylic acid groups (broad SMARTS) is 1. The highest BCUT2D eigenvalue weighted by Gasteiger charge is 2.45. The molecule has 11 heteroatoms. The first-order chi connectivity index (χ1) is 15.8. The van der Waals surface area contributed by atoms with Crippen LogP contribution in [0.3, 0.4) is 0 Å². The number of hydrogen-bond donors (Lipinski definition) is 3. The quantitative estimate of drug-likeness (QED) is 0.246. The van der Waals surface area contributed by atoms with Gasteiger partial charge in [-0.25, -0.2) is 0 Å². The van der Waals surface area contributed by atoms with Gasteiger partial charge in [0.05, 0.1) is 17.5 Å². The minimum absolute atomic E-state index is 0.0724. The number of thioether (sulfide) groups is 1. The first-order valence-corrected chi connectivity index (χ1v) is 11.7. The summed E-state index contributed by atoms with van der Waals surface area (Å²) in [5, 5.41) is 13.3. The summed E-state index contributed by atoms with van der Waals surface area (Å²) in [7, 11) is 0. The summed E-state index contributed by atoms with van der Waals surface area (Å²) in [6, 6.07) is 4.03. The van der Waals surface area contributed by atoms with Crippen molar-refractivity contribution < 1.29 is 33.9 Å². The summed E-state index contributed by atoms with van der Waals surface area (Å²) in [4.78, 5) is 73.2. The van der Waals surface area contributed by atoms with Crippen molar-refractivity contribution in [3.05, 3.63) is 29.3 Å². The van der Waals surface area contributed by atoms with Gasteiger partial charge in [-0.2, -0.15) is 0 Å². The second-order valence-corrected chi connectivity index (χ2v) is 8.92. The van der Waals surface area contributed by atoms with Gasteiger partial charge in [0.15, 0.2) is 0 Å². The zero-order valence-electron chi connectivity index (χ0n) is 17.9. The van der Waals surface area contributed by atoms with Crippen molar-refractivity contribution in [1.82, 2.24) is 15.5 Å². The maximum atomic E-state index is 13.0. The molecule has 0 aliphatic carbocycles. The molecule has 1 fully saturated rings. The molecule has 2 aliphatic rings. The van der Waals surface area contributed by atoms with E-state index in [1.54, 1.807) is 18.2 Å². The molecule has 5 amide bonds. The van der Waals surface area contributed by atoms with E-state index in [9.17, 15) is 28.8 Å². The topological polar surface area (TPSA) is 150 Å². The van der Waals surface area contributed by atoms with Crippen LogP contribution in [0.25, 0.3) is 0 Å². The zero-order valence-corrected chi connectivity index (χ0v) is 18.7. The van der Waals surface area contributed by atoms with Crippen molar-refractivity contribution in [2.75, 3.05) is 12.3 Å². The van der Waals surface area contributed by atoms with Gasteiger partial charge in [-0.15, -0.1) is 11.8 Å². The molecule has 1 atom stereocenters. The van der Waals surface area contributed by atoms with Crippen molar-refractivity contribution in [3.8, 4) is 0 Å². The Hall–Kier alpha value is -3.21. The first kappa shape index (κ1) is 24.4. The fraction of sp³-hybridized carbons (Fsp3) is 0.455. The molecule has 1 unspecified atom stereocenters. The predicted octanol–water partition coefficient (Wildman–Crippen LogP) is 1.33. The lowest BCUT2D eigenvalue weighted by atomic mass is 10.0. The molecule has 176 valence electrons. The van der Waals surface area contributed by atoms with Crippen LogP contribution in [0.4, 0.5) is 0 Å². The standard InChI is InChI=1S/C22H25N3O7S/c26-16(23-11-10-18(28)29)7-2-1-3-12-33-15-6-4-5-13-19(15)22(32)25(21(13)31)14-8-9-17(27)24-20(14)30/h4-6,14H,1-3,7-12H2,(H,23,26)(H,28,29)(H,24,27,30). The number of carboxylic acids is 1. The molecule has 1 saturated heterocycles. The van der Waals surface area contributed by atoms with Gasteiger partial charge in [0, 0.05) is 24.3 Å². The summed E-state index contributed by atoms with van der Waals surface area (Å²) in [5.74, 6) is -2.56. The predicted molar refractivity (Wildman–Crippen MR) is 118 cm³/mol. The Morgan fingerprint density at radius 3 is 2.61 bits per heavy atom. The molecule has 0 saturated carbocycles. The molecule has 0 aromatic heterocycles. The molecule has 3 rings (SSSR count). The van der Waals surface area contributed by atoms with Crippen LogP contribution in [0.15, 0.2) is 23.1 Å². The van der Waals surface area contributed by atoms with E-state index in [4.69, 9.17) is 5.11 Å².